The van der Waals surface area contributed by atoms with Crippen molar-refractivity contribution in [3.05, 3.63) is 12.3 Å². The van der Waals surface area contributed by atoms with Crippen LogP contribution in [0.25, 0.3) is 0 Å². The van der Waals surface area contributed by atoms with Gasteiger partial charge in [-0.2, -0.15) is 0 Å². The first kappa shape index (κ1) is 13.6. The van der Waals surface area contributed by atoms with Crippen LogP contribution in [-0.2, 0) is 4.74 Å². The van der Waals surface area contributed by atoms with E-state index in [4.69, 9.17) is 9.84 Å². The summed E-state index contributed by atoms with van der Waals surface area (Å²) in [5, 5.41) is 31.0. The molecule has 4 N–H and O–H groups in total. The average molecular weight is 276 g/mol. The summed E-state index contributed by atoms with van der Waals surface area (Å²) >= 11 is 1.46. The first-order valence-corrected chi connectivity index (χ1v) is 6.79. The van der Waals surface area contributed by atoms with Crippen molar-refractivity contribution in [3.8, 4) is 0 Å². The van der Waals surface area contributed by atoms with Gasteiger partial charge in [0, 0.05) is 6.20 Å². The third-order valence-electron chi connectivity index (χ3n) is 2.97. The van der Waals surface area contributed by atoms with Crippen LogP contribution < -0.4 is 5.32 Å². The molecule has 0 aliphatic carbocycles. The summed E-state index contributed by atoms with van der Waals surface area (Å²) in [4.78, 5) is 13.0. The van der Waals surface area contributed by atoms with E-state index in [-0.39, 0.29) is 5.37 Å². The number of carbonyl (C=O) groups is 1. The van der Waals surface area contributed by atoms with E-state index in [1.807, 2.05) is 6.26 Å². The second-order valence-corrected chi connectivity index (χ2v) is 5.06. The minimum Gasteiger partial charge on any atom is -0.394 e. The van der Waals surface area contributed by atoms with Crippen LogP contribution in [-0.4, -0.2) is 69.0 Å². The van der Waals surface area contributed by atoms with E-state index in [0.717, 1.165) is 0 Å². The van der Waals surface area contributed by atoms with Crippen molar-refractivity contribution in [1.29, 1.82) is 0 Å². The van der Waals surface area contributed by atoms with Gasteiger partial charge in [0.15, 0.2) is 6.23 Å². The Labute approximate surface area is 108 Å². The molecule has 0 spiro atoms. The second kappa shape index (κ2) is 5.45. The normalized spacial score (nSPS) is 40.1. The molecule has 0 unspecified atom stereocenters. The van der Waals surface area contributed by atoms with Crippen molar-refractivity contribution in [2.45, 2.75) is 29.9 Å². The van der Waals surface area contributed by atoms with E-state index in [1.54, 1.807) is 6.08 Å². The van der Waals surface area contributed by atoms with E-state index in [2.05, 4.69) is 5.32 Å². The SMILES string of the molecule is CS[C@H]1C=CN([C@H]2O[C@@H](CO)[C@H](O)[C@H]2O)C(=O)N1. The van der Waals surface area contributed by atoms with Gasteiger partial charge < -0.3 is 25.4 Å². The van der Waals surface area contributed by atoms with Crippen LogP contribution in [0.15, 0.2) is 12.3 Å². The standard InChI is InChI=1S/C10H16N2O5S/c1-18-6-2-3-12(10(16)11-6)9-8(15)7(14)5(4-13)17-9/h2-3,5-9,13-15H,4H2,1H3,(H,11,16)/t5-,6-,7-,8+,9-/m0/s1. The molecule has 1 fully saturated rings. The van der Waals surface area contributed by atoms with E-state index in [1.165, 1.54) is 22.9 Å². The third kappa shape index (κ3) is 2.34. The molecule has 2 aliphatic rings. The smallest absolute Gasteiger partial charge is 0.324 e. The summed E-state index contributed by atoms with van der Waals surface area (Å²) in [6.07, 6.45) is 0.794. The maximum Gasteiger partial charge on any atom is 0.324 e. The summed E-state index contributed by atoms with van der Waals surface area (Å²) in [7, 11) is 0. The zero-order valence-electron chi connectivity index (χ0n) is 9.76. The van der Waals surface area contributed by atoms with E-state index < -0.39 is 37.2 Å². The fourth-order valence-corrected chi connectivity index (χ4v) is 2.38. The first-order valence-electron chi connectivity index (χ1n) is 5.51. The highest BCUT2D eigenvalue weighted by molar-refractivity contribution is 7.99. The fourth-order valence-electron chi connectivity index (χ4n) is 1.93. The Kier molecular flexibility index (Phi) is 4.13. The summed E-state index contributed by atoms with van der Waals surface area (Å²) in [5.74, 6) is 0. The van der Waals surface area contributed by atoms with Crippen molar-refractivity contribution in [2.24, 2.45) is 0 Å². The van der Waals surface area contributed by atoms with Gasteiger partial charge in [0.25, 0.3) is 0 Å². The van der Waals surface area contributed by atoms with Gasteiger partial charge in [0.05, 0.1) is 12.0 Å². The number of aliphatic hydroxyl groups is 3. The third-order valence-corrected chi connectivity index (χ3v) is 3.75. The lowest BCUT2D eigenvalue weighted by Gasteiger charge is -2.32. The van der Waals surface area contributed by atoms with Gasteiger partial charge in [0.1, 0.15) is 18.3 Å². The predicted octanol–water partition coefficient (Wildman–Crippen LogP) is -1.35. The van der Waals surface area contributed by atoms with Crippen LogP contribution in [0.4, 0.5) is 4.79 Å². The number of hydrogen-bond acceptors (Lipinski definition) is 6. The number of nitrogens with zero attached hydrogens (tertiary/aromatic N) is 1. The minimum atomic E-state index is -1.25. The molecule has 0 saturated carbocycles. The number of aliphatic hydroxyl groups excluding tert-OH is 3. The number of amides is 2. The Bertz CT molecular complexity index is 353. The van der Waals surface area contributed by atoms with Gasteiger partial charge in [-0.1, -0.05) is 0 Å². The maximum absolute atomic E-state index is 11.8. The maximum atomic E-state index is 11.8. The zero-order chi connectivity index (χ0) is 13.3. The van der Waals surface area contributed by atoms with Crippen molar-refractivity contribution in [2.75, 3.05) is 12.9 Å². The van der Waals surface area contributed by atoms with Crippen LogP contribution in [0, 0.1) is 0 Å². The molecule has 102 valence electrons. The van der Waals surface area contributed by atoms with Crippen LogP contribution >= 0.6 is 11.8 Å². The molecule has 2 rings (SSSR count). The Morgan fingerprint density at radius 3 is 2.72 bits per heavy atom. The van der Waals surface area contributed by atoms with Crippen LogP contribution in [0.1, 0.15) is 0 Å². The molecule has 18 heavy (non-hydrogen) atoms. The topological polar surface area (TPSA) is 102 Å². The molecule has 8 heteroatoms. The molecular weight excluding hydrogens is 260 g/mol. The molecule has 5 atom stereocenters. The van der Waals surface area contributed by atoms with Crippen molar-refractivity contribution >= 4 is 17.8 Å². The van der Waals surface area contributed by atoms with Crippen LogP contribution in [0.2, 0.25) is 0 Å². The predicted molar refractivity (Wildman–Crippen MR) is 64.6 cm³/mol. The molecule has 2 amide bonds. The lowest BCUT2D eigenvalue weighted by atomic mass is 10.1. The molecule has 0 bridgehead atoms. The molecule has 0 aromatic rings. The summed E-state index contributed by atoms with van der Waals surface area (Å²) in [6.45, 7) is -0.415. The fraction of sp³-hybridized carbons (Fsp3) is 0.700. The molecule has 0 aromatic carbocycles. The Balaban J connectivity index is 2.11. The number of rotatable bonds is 3. The summed E-state index contributed by atoms with van der Waals surface area (Å²) in [5.41, 5.74) is 0. The van der Waals surface area contributed by atoms with Gasteiger partial charge in [0.2, 0.25) is 0 Å². The highest BCUT2D eigenvalue weighted by Crippen LogP contribution is 2.26. The molecular formula is C10H16N2O5S. The van der Waals surface area contributed by atoms with Gasteiger partial charge >= 0.3 is 6.03 Å². The van der Waals surface area contributed by atoms with Gasteiger partial charge in [-0.3, -0.25) is 4.90 Å². The lowest BCUT2D eigenvalue weighted by Crippen LogP contribution is -2.52. The Hall–Kier alpha value is -0.800. The number of hydrogen-bond donors (Lipinski definition) is 4. The van der Waals surface area contributed by atoms with E-state index in [0.29, 0.717) is 0 Å². The molecule has 0 radical (unpaired) electrons. The summed E-state index contributed by atoms with van der Waals surface area (Å²) < 4.78 is 5.27. The monoisotopic (exact) mass is 276 g/mol. The van der Waals surface area contributed by atoms with Gasteiger partial charge in [-0.25, -0.2) is 4.79 Å². The lowest BCUT2D eigenvalue weighted by molar-refractivity contribution is -0.0657. The van der Waals surface area contributed by atoms with Gasteiger partial charge in [-0.05, 0) is 12.3 Å². The zero-order valence-corrected chi connectivity index (χ0v) is 10.6. The average Bonchev–Trinajstić information content (AvgIpc) is 2.66. The minimum absolute atomic E-state index is 0.120. The molecule has 2 heterocycles. The first-order chi connectivity index (χ1) is 8.58. The number of carbonyl (C=O) groups excluding carboxylic acids is 1. The van der Waals surface area contributed by atoms with E-state index in [9.17, 15) is 15.0 Å². The number of urea groups is 1. The Morgan fingerprint density at radius 2 is 2.22 bits per heavy atom. The van der Waals surface area contributed by atoms with Crippen molar-refractivity contribution in [1.82, 2.24) is 10.2 Å². The van der Waals surface area contributed by atoms with E-state index >= 15 is 0 Å². The van der Waals surface area contributed by atoms with Crippen molar-refractivity contribution in [3.63, 3.8) is 0 Å². The summed E-state index contributed by atoms with van der Waals surface area (Å²) in [6, 6.07) is -0.410. The number of nitrogens with one attached hydrogen (secondary N) is 1. The molecule has 0 aromatic heterocycles. The molecule has 2 aliphatic heterocycles. The molecule has 7 nitrogen and oxygen atoms in total. The number of thioether (sulfide) groups is 1. The van der Waals surface area contributed by atoms with Crippen LogP contribution in [0.3, 0.4) is 0 Å². The second-order valence-electron chi connectivity index (χ2n) is 4.08. The number of ether oxygens (including phenoxy) is 1. The quantitative estimate of drug-likeness (QED) is 0.508. The van der Waals surface area contributed by atoms with Crippen molar-refractivity contribution < 1.29 is 24.9 Å². The largest absolute Gasteiger partial charge is 0.394 e. The Morgan fingerprint density at radius 1 is 1.50 bits per heavy atom. The molecule has 1 saturated heterocycles. The highest BCUT2D eigenvalue weighted by Gasteiger charge is 2.46. The van der Waals surface area contributed by atoms with Gasteiger partial charge in [-0.15, -0.1) is 11.8 Å². The van der Waals surface area contributed by atoms with Crippen LogP contribution in [0.5, 0.6) is 0 Å². The highest BCUT2D eigenvalue weighted by atomic mass is 32.2.